The summed E-state index contributed by atoms with van der Waals surface area (Å²) < 4.78 is 14.7. The third-order valence-corrected chi connectivity index (χ3v) is 6.37. The first-order chi connectivity index (χ1) is 18.3. The number of Topliss-reactive ketones (excluding diaryl/α,β-unsaturated/α-hetero) is 1. The number of hydrogen-bond donors (Lipinski definition) is 2. The van der Waals surface area contributed by atoms with E-state index in [0.717, 1.165) is 48.0 Å². The van der Waals surface area contributed by atoms with Crippen LogP contribution in [-0.2, 0) is 24.4 Å². The molecule has 1 fully saturated rings. The van der Waals surface area contributed by atoms with E-state index in [1.165, 1.54) is 16.7 Å². The van der Waals surface area contributed by atoms with Crippen molar-refractivity contribution in [3.63, 3.8) is 0 Å². The number of amides is 1. The molecule has 4 rings (SSSR count). The Balaban J connectivity index is 0.000000304. The van der Waals surface area contributed by atoms with Gasteiger partial charge in [0.2, 0.25) is 6.41 Å². The zero-order valence-electron chi connectivity index (χ0n) is 21.6. The van der Waals surface area contributed by atoms with Crippen LogP contribution in [0, 0.1) is 5.82 Å². The largest absolute Gasteiger partial charge is 0.384 e. The zero-order chi connectivity index (χ0) is 27.5. The van der Waals surface area contributed by atoms with E-state index in [1.807, 2.05) is 35.2 Å². The number of likely N-dealkylation sites (tertiary alicyclic amines) is 1. The Hall–Kier alpha value is -4.05. The van der Waals surface area contributed by atoms with Gasteiger partial charge < -0.3 is 11.1 Å². The normalized spacial score (nSPS) is 13.3. The number of halogens is 1. The van der Waals surface area contributed by atoms with E-state index in [0.29, 0.717) is 13.0 Å². The number of piperidine rings is 1. The number of anilines is 1. The number of hydrogen-bond acceptors (Lipinski definition) is 6. The number of nitrogen functional groups attached to an aromatic ring is 1. The molecule has 10 heteroatoms. The van der Waals surface area contributed by atoms with Crippen molar-refractivity contribution in [3.05, 3.63) is 97.9 Å². The van der Waals surface area contributed by atoms with Crippen LogP contribution >= 0.6 is 0 Å². The van der Waals surface area contributed by atoms with E-state index < -0.39 is 11.2 Å². The van der Waals surface area contributed by atoms with Crippen molar-refractivity contribution in [1.82, 2.24) is 19.4 Å². The van der Waals surface area contributed by atoms with Crippen LogP contribution in [0.5, 0.6) is 0 Å². The fourth-order valence-electron chi connectivity index (χ4n) is 4.34. The fourth-order valence-corrected chi connectivity index (χ4v) is 4.34. The fraction of sp³-hybridized carbons (Fsp3) is 0.357. The van der Waals surface area contributed by atoms with Gasteiger partial charge in [-0.05, 0) is 56.1 Å². The lowest BCUT2D eigenvalue weighted by atomic mass is 10.1. The summed E-state index contributed by atoms with van der Waals surface area (Å²) in [5.41, 5.74) is 6.79. The zero-order valence-corrected chi connectivity index (χ0v) is 21.6. The van der Waals surface area contributed by atoms with Crippen LogP contribution in [0.1, 0.15) is 47.7 Å². The molecule has 1 aliphatic heterocycles. The van der Waals surface area contributed by atoms with Gasteiger partial charge in [0.05, 0.1) is 13.1 Å². The molecular formula is C28H34FN5O4. The van der Waals surface area contributed by atoms with Crippen LogP contribution in [0.2, 0.25) is 0 Å². The topological polar surface area (TPSA) is 119 Å². The number of carbonyl (C=O) groups excluding carboxylic acids is 2. The molecule has 3 aromatic rings. The molecule has 0 unspecified atom stereocenters. The number of nitrogens with one attached hydrogen (secondary N) is 1. The van der Waals surface area contributed by atoms with Crippen LogP contribution in [0.15, 0.2) is 64.2 Å². The number of benzene rings is 2. The maximum absolute atomic E-state index is 12.9. The predicted octanol–water partition coefficient (Wildman–Crippen LogP) is 2.40. The number of ketones is 1. The minimum Gasteiger partial charge on any atom is -0.384 e. The standard InChI is InChI=1S/C20H26N4O3.C8H8FNO/c1-2-23-19(26)17(16(25)14-22-11-7-4-8-12-22)18(21)24(20(23)27)13-15-9-5-3-6-10-15;9-8-3-1-7(2-4-8)5-10-6-11/h3,5-6,9-10H,2,4,7-8,11-14,21H2,1H3;1-4,6H,5H2,(H,10,11). The van der Waals surface area contributed by atoms with Crippen molar-refractivity contribution in [3.8, 4) is 0 Å². The van der Waals surface area contributed by atoms with Gasteiger partial charge in [0.1, 0.15) is 17.2 Å². The molecule has 3 N–H and O–H groups in total. The van der Waals surface area contributed by atoms with Gasteiger partial charge in [-0.2, -0.15) is 0 Å². The second-order valence-electron chi connectivity index (χ2n) is 9.05. The molecule has 1 aromatic heterocycles. The molecule has 202 valence electrons. The lowest BCUT2D eigenvalue weighted by molar-refractivity contribution is -0.109. The van der Waals surface area contributed by atoms with Gasteiger partial charge in [-0.3, -0.25) is 28.4 Å². The number of rotatable bonds is 9. The number of aromatic nitrogens is 2. The minimum absolute atomic E-state index is 0.0411. The van der Waals surface area contributed by atoms with Gasteiger partial charge in [0.15, 0.2) is 5.78 Å². The van der Waals surface area contributed by atoms with Gasteiger partial charge >= 0.3 is 5.69 Å². The van der Waals surface area contributed by atoms with Crippen molar-refractivity contribution < 1.29 is 14.0 Å². The highest BCUT2D eigenvalue weighted by atomic mass is 19.1. The summed E-state index contributed by atoms with van der Waals surface area (Å²) in [6, 6.07) is 15.4. The molecule has 0 saturated carbocycles. The maximum atomic E-state index is 12.9. The van der Waals surface area contributed by atoms with Gasteiger partial charge in [0, 0.05) is 13.1 Å². The van der Waals surface area contributed by atoms with Crippen LogP contribution in [0.3, 0.4) is 0 Å². The molecule has 2 heterocycles. The summed E-state index contributed by atoms with van der Waals surface area (Å²) in [4.78, 5) is 50.3. The second kappa shape index (κ2) is 14.0. The van der Waals surface area contributed by atoms with Crippen LogP contribution < -0.4 is 22.3 Å². The van der Waals surface area contributed by atoms with Gasteiger partial charge in [-0.15, -0.1) is 0 Å². The molecule has 0 aliphatic carbocycles. The number of nitrogens with two attached hydrogens (primary N) is 1. The van der Waals surface area contributed by atoms with E-state index in [9.17, 15) is 23.6 Å². The minimum atomic E-state index is -0.591. The highest BCUT2D eigenvalue weighted by molar-refractivity contribution is 6.01. The van der Waals surface area contributed by atoms with Gasteiger partial charge in [-0.25, -0.2) is 9.18 Å². The SMILES string of the molecule is CCn1c(=O)c(C(=O)CN2CCCCC2)c(N)n(Cc2ccccc2)c1=O.O=CNCc1ccc(F)cc1. The predicted molar refractivity (Wildman–Crippen MR) is 145 cm³/mol. The Morgan fingerprint density at radius 2 is 1.63 bits per heavy atom. The molecule has 2 aromatic carbocycles. The van der Waals surface area contributed by atoms with E-state index in [4.69, 9.17) is 5.73 Å². The summed E-state index contributed by atoms with van der Waals surface area (Å²) >= 11 is 0. The average molecular weight is 524 g/mol. The molecule has 1 amide bonds. The highest BCUT2D eigenvalue weighted by Gasteiger charge is 2.24. The van der Waals surface area contributed by atoms with E-state index in [-0.39, 0.29) is 42.6 Å². The number of carbonyl (C=O) groups is 2. The average Bonchev–Trinajstić information content (AvgIpc) is 2.92. The van der Waals surface area contributed by atoms with Gasteiger partial charge in [0.25, 0.3) is 5.56 Å². The quantitative estimate of drug-likeness (QED) is 0.328. The second-order valence-corrected chi connectivity index (χ2v) is 9.05. The first-order valence-corrected chi connectivity index (χ1v) is 12.7. The highest BCUT2D eigenvalue weighted by Crippen LogP contribution is 2.13. The monoisotopic (exact) mass is 523 g/mol. The van der Waals surface area contributed by atoms with E-state index in [2.05, 4.69) is 5.32 Å². The van der Waals surface area contributed by atoms with Crippen molar-refractivity contribution >= 4 is 18.0 Å². The molecule has 1 saturated heterocycles. The first-order valence-electron chi connectivity index (χ1n) is 12.7. The maximum Gasteiger partial charge on any atom is 0.332 e. The Labute approximate surface area is 220 Å². The summed E-state index contributed by atoms with van der Waals surface area (Å²) in [6.07, 6.45) is 3.88. The Morgan fingerprint density at radius 3 is 2.24 bits per heavy atom. The lowest BCUT2D eigenvalue weighted by Crippen LogP contribution is -2.45. The summed E-state index contributed by atoms with van der Waals surface area (Å²) in [7, 11) is 0. The molecular weight excluding hydrogens is 489 g/mol. The molecule has 0 bridgehead atoms. The van der Waals surface area contributed by atoms with Gasteiger partial charge in [-0.1, -0.05) is 48.9 Å². The van der Waals surface area contributed by atoms with Crippen molar-refractivity contribution in [2.45, 2.75) is 45.8 Å². The summed E-state index contributed by atoms with van der Waals surface area (Å²) in [6.45, 7) is 4.42. The third-order valence-electron chi connectivity index (χ3n) is 6.37. The van der Waals surface area contributed by atoms with Crippen LogP contribution in [-0.4, -0.2) is 45.9 Å². The molecule has 38 heavy (non-hydrogen) atoms. The Morgan fingerprint density at radius 1 is 0.974 bits per heavy atom. The number of nitrogens with zero attached hydrogens (tertiary/aromatic N) is 3. The Bertz CT molecular complexity index is 1330. The smallest absolute Gasteiger partial charge is 0.332 e. The third kappa shape index (κ3) is 7.48. The van der Waals surface area contributed by atoms with Crippen molar-refractivity contribution in [2.24, 2.45) is 0 Å². The van der Waals surface area contributed by atoms with E-state index >= 15 is 0 Å². The van der Waals surface area contributed by atoms with Crippen LogP contribution in [0.25, 0.3) is 0 Å². The first kappa shape index (κ1) is 28.5. The summed E-state index contributed by atoms with van der Waals surface area (Å²) in [5, 5.41) is 2.48. The van der Waals surface area contributed by atoms with Crippen molar-refractivity contribution in [1.29, 1.82) is 0 Å². The molecule has 1 aliphatic rings. The van der Waals surface area contributed by atoms with E-state index in [1.54, 1.807) is 19.1 Å². The lowest BCUT2D eigenvalue weighted by Gasteiger charge is -2.26. The molecule has 0 atom stereocenters. The van der Waals surface area contributed by atoms with Crippen LogP contribution in [0.4, 0.5) is 10.2 Å². The molecule has 0 radical (unpaired) electrons. The molecule has 9 nitrogen and oxygen atoms in total. The molecule has 0 spiro atoms. The summed E-state index contributed by atoms with van der Waals surface area (Å²) in [5.74, 6) is -0.621. The van der Waals surface area contributed by atoms with Crippen molar-refractivity contribution in [2.75, 3.05) is 25.4 Å². The Kier molecular flexibility index (Phi) is 10.5.